The first kappa shape index (κ1) is 7.73. The van der Waals surface area contributed by atoms with Crippen LogP contribution in [0.15, 0.2) is 0 Å². The average molecular weight is 166 g/mol. The van der Waals surface area contributed by atoms with Crippen LogP contribution in [-0.4, -0.2) is 33.3 Å². The maximum absolute atomic E-state index is 4.15. The summed E-state index contributed by atoms with van der Waals surface area (Å²) in [4.78, 5) is 2.29. The van der Waals surface area contributed by atoms with Gasteiger partial charge in [0.05, 0.1) is 6.67 Å². The maximum Gasteiger partial charge on any atom is 0.135 e. The third-order valence-electron chi connectivity index (χ3n) is 2.32. The molecule has 1 aromatic heterocycles. The monoisotopic (exact) mass is 166 g/mol. The fourth-order valence-electron chi connectivity index (χ4n) is 1.59. The van der Waals surface area contributed by atoms with Crippen LogP contribution < -0.4 is 0 Å². The summed E-state index contributed by atoms with van der Waals surface area (Å²) < 4.78 is 2.21. The van der Waals surface area contributed by atoms with E-state index in [1.807, 2.05) is 0 Å². The van der Waals surface area contributed by atoms with E-state index in [0.717, 1.165) is 37.7 Å². The molecule has 0 saturated heterocycles. The summed E-state index contributed by atoms with van der Waals surface area (Å²) in [6.07, 6.45) is 2.00. The molecule has 0 bridgehead atoms. The quantitative estimate of drug-likeness (QED) is 0.601. The number of likely N-dealkylation sites (N-methyl/N-ethyl adjacent to an activating group) is 1. The van der Waals surface area contributed by atoms with Crippen molar-refractivity contribution in [3.05, 3.63) is 11.6 Å². The van der Waals surface area contributed by atoms with Crippen molar-refractivity contribution < 1.29 is 0 Å². The van der Waals surface area contributed by atoms with Crippen molar-refractivity contribution in [3.63, 3.8) is 0 Å². The first-order valence-electron chi connectivity index (χ1n) is 4.40. The van der Waals surface area contributed by atoms with Crippen molar-refractivity contribution in [1.82, 2.24) is 19.7 Å². The Kier molecular flexibility index (Phi) is 1.84. The number of rotatable bonds is 1. The molecule has 1 aliphatic heterocycles. The molecule has 0 N–H and O–H groups in total. The van der Waals surface area contributed by atoms with Crippen LogP contribution in [0.3, 0.4) is 0 Å². The van der Waals surface area contributed by atoms with Gasteiger partial charge in [-0.2, -0.15) is 0 Å². The summed E-state index contributed by atoms with van der Waals surface area (Å²) in [6, 6.07) is 0. The van der Waals surface area contributed by atoms with Gasteiger partial charge in [-0.25, -0.2) is 0 Å². The summed E-state index contributed by atoms with van der Waals surface area (Å²) in [6.45, 7) is 4.17. The molecule has 66 valence electrons. The molecule has 0 fully saturated rings. The molecule has 1 aromatic rings. The van der Waals surface area contributed by atoms with Crippen LogP contribution in [0, 0.1) is 0 Å². The minimum Gasteiger partial charge on any atom is -0.301 e. The third kappa shape index (κ3) is 1.12. The third-order valence-corrected chi connectivity index (χ3v) is 2.32. The Balaban J connectivity index is 2.34. The van der Waals surface area contributed by atoms with Crippen LogP contribution in [-0.2, 0) is 19.5 Å². The Labute approximate surface area is 72.2 Å². The van der Waals surface area contributed by atoms with Crippen LogP contribution in [0.4, 0.5) is 0 Å². The van der Waals surface area contributed by atoms with Gasteiger partial charge in [-0.05, 0) is 7.05 Å². The minimum atomic E-state index is 0.950. The van der Waals surface area contributed by atoms with E-state index in [2.05, 4.69) is 33.6 Å². The molecule has 1 aliphatic rings. The molecule has 0 saturated carbocycles. The number of aryl methyl sites for hydroxylation is 1. The molecule has 4 nitrogen and oxygen atoms in total. The molecular weight excluding hydrogens is 152 g/mol. The highest BCUT2D eigenvalue weighted by Crippen LogP contribution is 2.10. The molecule has 0 aliphatic carbocycles. The summed E-state index contributed by atoms with van der Waals surface area (Å²) in [5.41, 5.74) is 0. The van der Waals surface area contributed by atoms with Crippen molar-refractivity contribution in [1.29, 1.82) is 0 Å². The van der Waals surface area contributed by atoms with E-state index in [1.165, 1.54) is 0 Å². The number of hydrogen-bond acceptors (Lipinski definition) is 3. The highest BCUT2D eigenvalue weighted by atomic mass is 15.4. The van der Waals surface area contributed by atoms with Gasteiger partial charge in [0.15, 0.2) is 0 Å². The van der Waals surface area contributed by atoms with Gasteiger partial charge in [0.2, 0.25) is 0 Å². The lowest BCUT2D eigenvalue weighted by atomic mass is 10.3. The Morgan fingerprint density at radius 2 is 2.25 bits per heavy atom. The molecule has 2 heterocycles. The summed E-state index contributed by atoms with van der Waals surface area (Å²) in [5.74, 6) is 2.25. The minimum absolute atomic E-state index is 0.950. The second-order valence-corrected chi connectivity index (χ2v) is 3.29. The number of aromatic nitrogens is 3. The number of nitrogens with zero attached hydrogens (tertiary/aromatic N) is 4. The van der Waals surface area contributed by atoms with E-state index in [0.29, 0.717) is 0 Å². The van der Waals surface area contributed by atoms with Crippen LogP contribution in [0.25, 0.3) is 0 Å². The standard InChI is InChI=1S/C8H14N4/c1-3-7-9-10-8-4-5-11(2)6-12(7)8/h3-6H2,1-2H3. The Hall–Kier alpha value is -0.900. The van der Waals surface area contributed by atoms with E-state index >= 15 is 0 Å². The lowest BCUT2D eigenvalue weighted by Gasteiger charge is -2.24. The van der Waals surface area contributed by atoms with Gasteiger partial charge in [0.25, 0.3) is 0 Å². The zero-order chi connectivity index (χ0) is 8.55. The molecule has 2 rings (SSSR count). The molecule has 4 heteroatoms. The van der Waals surface area contributed by atoms with Gasteiger partial charge in [-0.3, -0.25) is 4.90 Å². The topological polar surface area (TPSA) is 34.0 Å². The normalized spacial score (nSPS) is 17.8. The molecule has 0 atom stereocenters. The highest BCUT2D eigenvalue weighted by molar-refractivity contribution is 4.98. The van der Waals surface area contributed by atoms with E-state index in [1.54, 1.807) is 0 Å². The molecule has 0 aromatic carbocycles. The van der Waals surface area contributed by atoms with Crippen LogP contribution in [0.1, 0.15) is 18.6 Å². The zero-order valence-electron chi connectivity index (χ0n) is 7.62. The summed E-state index contributed by atoms with van der Waals surface area (Å²) >= 11 is 0. The molecule has 0 spiro atoms. The first-order chi connectivity index (χ1) is 5.81. The van der Waals surface area contributed by atoms with Gasteiger partial charge in [-0.1, -0.05) is 6.92 Å². The van der Waals surface area contributed by atoms with E-state index in [-0.39, 0.29) is 0 Å². The SMILES string of the molecule is CCc1nnc2n1CN(C)CC2. The Bertz CT molecular complexity index is 265. The van der Waals surface area contributed by atoms with Gasteiger partial charge < -0.3 is 4.57 Å². The first-order valence-corrected chi connectivity index (χ1v) is 4.40. The molecular formula is C8H14N4. The number of hydrogen-bond donors (Lipinski definition) is 0. The summed E-state index contributed by atoms with van der Waals surface area (Å²) in [7, 11) is 2.13. The van der Waals surface area contributed by atoms with E-state index in [9.17, 15) is 0 Å². The molecule has 0 amide bonds. The summed E-state index contributed by atoms with van der Waals surface area (Å²) in [5, 5.41) is 8.29. The number of fused-ring (bicyclic) bond motifs is 1. The van der Waals surface area contributed by atoms with E-state index < -0.39 is 0 Å². The van der Waals surface area contributed by atoms with Crippen molar-refractivity contribution in [2.75, 3.05) is 13.6 Å². The Morgan fingerprint density at radius 1 is 1.42 bits per heavy atom. The van der Waals surface area contributed by atoms with Crippen LogP contribution >= 0.6 is 0 Å². The van der Waals surface area contributed by atoms with Crippen molar-refractivity contribution >= 4 is 0 Å². The molecule has 12 heavy (non-hydrogen) atoms. The van der Waals surface area contributed by atoms with Crippen molar-refractivity contribution in [2.45, 2.75) is 26.4 Å². The van der Waals surface area contributed by atoms with Gasteiger partial charge >= 0.3 is 0 Å². The second kappa shape index (κ2) is 2.86. The van der Waals surface area contributed by atoms with Gasteiger partial charge in [0.1, 0.15) is 11.6 Å². The largest absolute Gasteiger partial charge is 0.301 e. The Morgan fingerprint density at radius 3 is 3.00 bits per heavy atom. The lowest BCUT2D eigenvalue weighted by Crippen LogP contribution is -2.31. The van der Waals surface area contributed by atoms with Crippen LogP contribution in [0.2, 0.25) is 0 Å². The fraction of sp³-hybridized carbons (Fsp3) is 0.750. The predicted octanol–water partition coefficient (Wildman–Crippen LogP) is 0.286. The molecule has 0 unspecified atom stereocenters. The van der Waals surface area contributed by atoms with Gasteiger partial charge in [0, 0.05) is 19.4 Å². The van der Waals surface area contributed by atoms with Crippen molar-refractivity contribution in [3.8, 4) is 0 Å². The van der Waals surface area contributed by atoms with Crippen molar-refractivity contribution in [2.24, 2.45) is 0 Å². The van der Waals surface area contributed by atoms with Gasteiger partial charge in [-0.15, -0.1) is 10.2 Å². The maximum atomic E-state index is 4.15. The zero-order valence-corrected chi connectivity index (χ0v) is 7.62. The highest BCUT2D eigenvalue weighted by Gasteiger charge is 2.16. The fourth-order valence-corrected chi connectivity index (χ4v) is 1.59. The molecule has 0 radical (unpaired) electrons. The van der Waals surface area contributed by atoms with Crippen LogP contribution in [0.5, 0.6) is 0 Å². The van der Waals surface area contributed by atoms with E-state index in [4.69, 9.17) is 0 Å². The second-order valence-electron chi connectivity index (χ2n) is 3.29. The lowest BCUT2D eigenvalue weighted by molar-refractivity contribution is 0.233. The smallest absolute Gasteiger partial charge is 0.135 e. The average Bonchev–Trinajstić information content (AvgIpc) is 2.46. The predicted molar refractivity (Wildman–Crippen MR) is 45.7 cm³/mol.